The summed E-state index contributed by atoms with van der Waals surface area (Å²) in [6.07, 6.45) is 0.616. The molecular weight excluding hydrogens is 108 g/mol. The Bertz CT molecular complexity index is 52.0. The minimum absolute atomic E-state index is 0.616. The van der Waals surface area contributed by atoms with Gasteiger partial charge in [-0.3, -0.25) is 0 Å². The first-order chi connectivity index (χ1) is 3.43. The molecule has 0 bridgehead atoms. The van der Waals surface area contributed by atoms with Crippen LogP contribution in [-0.2, 0) is 4.74 Å². The average Bonchev–Trinajstić information content (AvgIpc) is 2.42. The predicted octanol–water partition coefficient (Wildman–Crippen LogP) is 1.14. The third-order valence-electron chi connectivity index (χ3n) is 0.910. The maximum Gasteiger partial charge on any atom is 0.0900 e. The SMILES string of the molecule is CCSCC1CO1. The average molecular weight is 118 g/mol. The van der Waals surface area contributed by atoms with E-state index in [4.69, 9.17) is 4.74 Å². The Kier molecular flexibility index (Phi) is 2.00. The van der Waals surface area contributed by atoms with Crippen LogP contribution in [0.25, 0.3) is 0 Å². The zero-order valence-electron chi connectivity index (χ0n) is 4.52. The highest BCUT2D eigenvalue weighted by atomic mass is 32.2. The molecule has 7 heavy (non-hydrogen) atoms. The van der Waals surface area contributed by atoms with Gasteiger partial charge >= 0.3 is 0 Å². The van der Waals surface area contributed by atoms with Gasteiger partial charge in [-0.2, -0.15) is 11.8 Å². The fourth-order valence-electron chi connectivity index (χ4n) is 0.414. The Morgan fingerprint density at radius 1 is 1.86 bits per heavy atom. The molecule has 0 aromatic heterocycles. The Hall–Kier alpha value is 0.310. The minimum atomic E-state index is 0.616. The monoisotopic (exact) mass is 118 g/mol. The lowest BCUT2D eigenvalue weighted by molar-refractivity contribution is 0.426. The first kappa shape index (κ1) is 5.45. The van der Waals surface area contributed by atoms with Crippen molar-refractivity contribution in [3.63, 3.8) is 0 Å². The van der Waals surface area contributed by atoms with Crippen LogP contribution in [0.4, 0.5) is 0 Å². The molecule has 1 heterocycles. The second kappa shape index (κ2) is 2.58. The molecule has 1 atom stereocenters. The number of ether oxygens (including phenoxy) is 1. The van der Waals surface area contributed by atoms with E-state index in [0.717, 1.165) is 6.61 Å². The molecule has 1 nitrogen and oxygen atoms in total. The van der Waals surface area contributed by atoms with Gasteiger partial charge in [0, 0.05) is 5.75 Å². The number of thioether (sulfide) groups is 1. The van der Waals surface area contributed by atoms with Gasteiger partial charge in [0.15, 0.2) is 0 Å². The second-order valence-electron chi connectivity index (χ2n) is 1.61. The Balaban J connectivity index is 1.80. The molecule has 2 heteroatoms. The molecule has 1 fully saturated rings. The van der Waals surface area contributed by atoms with Crippen molar-refractivity contribution in [3.8, 4) is 0 Å². The summed E-state index contributed by atoms with van der Waals surface area (Å²) in [4.78, 5) is 0. The van der Waals surface area contributed by atoms with E-state index >= 15 is 0 Å². The summed E-state index contributed by atoms with van der Waals surface area (Å²) in [5, 5.41) is 0. The van der Waals surface area contributed by atoms with Crippen LogP contribution in [0.1, 0.15) is 6.92 Å². The normalized spacial score (nSPS) is 27.9. The van der Waals surface area contributed by atoms with Crippen LogP contribution in [0.3, 0.4) is 0 Å². The smallest absolute Gasteiger partial charge is 0.0900 e. The molecule has 1 aliphatic heterocycles. The standard InChI is InChI=1S/C5H10OS/c1-2-7-4-5-3-6-5/h5H,2-4H2,1H3. The lowest BCUT2D eigenvalue weighted by Crippen LogP contribution is -1.87. The Morgan fingerprint density at radius 3 is 3.00 bits per heavy atom. The van der Waals surface area contributed by atoms with Crippen molar-refractivity contribution in [2.75, 3.05) is 18.1 Å². The van der Waals surface area contributed by atoms with E-state index in [1.54, 1.807) is 0 Å². The Morgan fingerprint density at radius 2 is 2.57 bits per heavy atom. The lowest BCUT2D eigenvalue weighted by atomic mass is 10.6. The molecule has 0 aromatic carbocycles. The summed E-state index contributed by atoms with van der Waals surface area (Å²) in [6.45, 7) is 3.18. The zero-order chi connectivity index (χ0) is 5.11. The fraction of sp³-hybridized carbons (Fsp3) is 1.00. The molecule has 1 unspecified atom stereocenters. The van der Waals surface area contributed by atoms with Crippen molar-refractivity contribution in [3.05, 3.63) is 0 Å². The molecule has 1 rings (SSSR count). The topological polar surface area (TPSA) is 12.5 Å². The third-order valence-corrected chi connectivity index (χ3v) is 1.93. The maximum absolute atomic E-state index is 4.99. The summed E-state index contributed by atoms with van der Waals surface area (Å²) in [5.74, 6) is 2.43. The van der Waals surface area contributed by atoms with Gasteiger partial charge in [-0.1, -0.05) is 6.92 Å². The molecule has 42 valence electrons. The molecular formula is C5H10OS. The van der Waals surface area contributed by atoms with Crippen LogP contribution < -0.4 is 0 Å². The van der Waals surface area contributed by atoms with Crippen molar-refractivity contribution in [2.45, 2.75) is 13.0 Å². The van der Waals surface area contributed by atoms with Gasteiger partial charge < -0.3 is 4.74 Å². The summed E-state index contributed by atoms with van der Waals surface area (Å²) >= 11 is 1.95. The van der Waals surface area contributed by atoms with E-state index in [2.05, 4.69) is 6.92 Å². The van der Waals surface area contributed by atoms with Crippen molar-refractivity contribution < 1.29 is 4.74 Å². The minimum Gasteiger partial charge on any atom is -0.372 e. The van der Waals surface area contributed by atoms with Gasteiger partial charge in [0.1, 0.15) is 0 Å². The van der Waals surface area contributed by atoms with Gasteiger partial charge in [-0.15, -0.1) is 0 Å². The molecule has 1 saturated heterocycles. The van der Waals surface area contributed by atoms with E-state index in [-0.39, 0.29) is 0 Å². The summed E-state index contributed by atoms with van der Waals surface area (Å²) in [7, 11) is 0. The van der Waals surface area contributed by atoms with Crippen molar-refractivity contribution in [1.29, 1.82) is 0 Å². The lowest BCUT2D eigenvalue weighted by Gasteiger charge is -1.87. The number of hydrogen-bond acceptors (Lipinski definition) is 2. The van der Waals surface area contributed by atoms with E-state index in [1.165, 1.54) is 11.5 Å². The maximum atomic E-state index is 4.99. The van der Waals surface area contributed by atoms with Crippen LogP contribution >= 0.6 is 11.8 Å². The van der Waals surface area contributed by atoms with Crippen LogP contribution in [0.15, 0.2) is 0 Å². The second-order valence-corrected chi connectivity index (χ2v) is 2.93. The molecule has 0 N–H and O–H groups in total. The first-order valence-corrected chi connectivity index (χ1v) is 3.78. The number of rotatable bonds is 3. The molecule has 1 aliphatic rings. The van der Waals surface area contributed by atoms with Crippen LogP contribution in [0.5, 0.6) is 0 Å². The molecule has 0 amide bonds. The van der Waals surface area contributed by atoms with E-state index in [9.17, 15) is 0 Å². The molecule has 0 aromatic rings. The van der Waals surface area contributed by atoms with E-state index in [1.807, 2.05) is 11.8 Å². The Labute approximate surface area is 48.4 Å². The summed E-state index contributed by atoms with van der Waals surface area (Å²) in [6, 6.07) is 0. The zero-order valence-corrected chi connectivity index (χ0v) is 5.33. The molecule has 0 radical (unpaired) electrons. The highest BCUT2D eigenvalue weighted by molar-refractivity contribution is 7.99. The van der Waals surface area contributed by atoms with Gasteiger partial charge in [-0.05, 0) is 5.75 Å². The van der Waals surface area contributed by atoms with Gasteiger partial charge in [-0.25, -0.2) is 0 Å². The summed E-state index contributed by atoms with van der Waals surface area (Å²) in [5.41, 5.74) is 0. The molecule has 0 aliphatic carbocycles. The first-order valence-electron chi connectivity index (χ1n) is 2.63. The van der Waals surface area contributed by atoms with Crippen LogP contribution in [-0.4, -0.2) is 24.2 Å². The fourth-order valence-corrected chi connectivity index (χ4v) is 1.10. The molecule has 0 spiro atoms. The highest BCUT2D eigenvalue weighted by Gasteiger charge is 2.20. The number of hydrogen-bond donors (Lipinski definition) is 0. The van der Waals surface area contributed by atoms with Crippen LogP contribution in [0.2, 0.25) is 0 Å². The van der Waals surface area contributed by atoms with Gasteiger partial charge in [0.25, 0.3) is 0 Å². The molecule has 0 saturated carbocycles. The van der Waals surface area contributed by atoms with E-state index < -0.39 is 0 Å². The number of epoxide rings is 1. The quantitative estimate of drug-likeness (QED) is 0.515. The van der Waals surface area contributed by atoms with Crippen LogP contribution in [0, 0.1) is 0 Å². The van der Waals surface area contributed by atoms with Gasteiger partial charge in [0.05, 0.1) is 12.7 Å². The van der Waals surface area contributed by atoms with E-state index in [0.29, 0.717) is 6.10 Å². The predicted molar refractivity (Wildman–Crippen MR) is 32.7 cm³/mol. The largest absolute Gasteiger partial charge is 0.372 e. The van der Waals surface area contributed by atoms with Crippen molar-refractivity contribution in [1.82, 2.24) is 0 Å². The summed E-state index contributed by atoms with van der Waals surface area (Å²) < 4.78 is 4.99. The van der Waals surface area contributed by atoms with Gasteiger partial charge in [0.2, 0.25) is 0 Å². The highest BCUT2D eigenvalue weighted by Crippen LogP contribution is 2.14. The van der Waals surface area contributed by atoms with Crippen molar-refractivity contribution >= 4 is 11.8 Å². The third kappa shape index (κ3) is 2.19. The van der Waals surface area contributed by atoms with Crippen molar-refractivity contribution in [2.24, 2.45) is 0 Å².